The molecule has 5 rings (SSSR count). The van der Waals surface area contributed by atoms with Gasteiger partial charge in [0.2, 0.25) is 10.0 Å². The first-order chi connectivity index (χ1) is 13.9. The minimum absolute atomic E-state index is 0.114. The fourth-order valence-corrected chi connectivity index (χ4v) is 6.39. The van der Waals surface area contributed by atoms with Crippen molar-refractivity contribution in [3.63, 3.8) is 0 Å². The molecule has 0 N–H and O–H groups in total. The third-order valence-corrected chi connectivity index (χ3v) is 7.91. The molecule has 3 fully saturated rings. The van der Waals surface area contributed by atoms with Crippen molar-refractivity contribution in [3.8, 4) is 0 Å². The van der Waals surface area contributed by atoms with Crippen LogP contribution in [0, 0.1) is 5.92 Å². The first-order valence-corrected chi connectivity index (χ1v) is 12.5. The fourth-order valence-electron chi connectivity index (χ4n) is 4.94. The van der Waals surface area contributed by atoms with E-state index in [1.807, 2.05) is 13.0 Å². The quantitative estimate of drug-likeness (QED) is 0.681. The van der Waals surface area contributed by atoms with Crippen molar-refractivity contribution in [2.45, 2.75) is 44.7 Å². The van der Waals surface area contributed by atoms with Crippen LogP contribution < -0.4 is 4.90 Å². The van der Waals surface area contributed by atoms with Crippen LogP contribution in [0.5, 0.6) is 0 Å². The Morgan fingerprint density at radius 1 is 1.21 bits per heavy atom. The highest BCUT2D eigenvalue weighted by Crippen LogP contribution is 2.39. The van der Waals surface area contributed by atoms with Crippen LogP contribution >= 0.6 is 0 Å². The summed E-state index contributed by atoms with van der Waals surface area (Å²) in [4.78, 5) is 4.89. The second-order valence-corrected chi connectivity index (χ2v) is 10.8. The van der Waals surface area contributed by atoms with E-state index in [0.717, 1.165) is 49.2 Å². The molecule has 1 aromatic carbocycles. The van der Waals surface area contributed by atoms with Gasteiger partial charge in [0.15, 0.2) is 5.52 Å². The molecular weight excluding hydrogens is 390 g/mol. The van der Waals surface area contributed by atoms with E-state index in [0.29, 0.717) is 11.4 Å². The maximum atomic E-state index is 12.4. The molecule has 0 bridgehead atoms. The Labute approximate surface area is 171 Å². The number of aromatic nitrogens is 2. The summed E-state index contributed by atoms with van der Waals surface area (Å²) >= 11 is 0. The van der Waals surface area contributed by atoms with Gasteiger partial charge in [0.1, 0.15) is 5.52 Å². The maximum absolute atomic E-state index is 12.4. The normalized spacial score (nSPS) is 22.5. The van der Waals surface area contributed by atoms with Crippen molar-refractivity contribution in [1.29, 1.82) is 0 Å². The van der Waals surface area contributed by atoms with Gasteiger partial charge in [-0.05, 0) is 73.7 Å². The summed E-state index contributed by atoms with van der Waals surface area (Å²) in [6.45, 7) is 7.57. The monoisotopic (exact) mass is 419 g/mol. The minimum Gasteiger partial charge on any atom is -0.369 e. The summed E-state index contributed by atoms with van der Waals surface area (Å²) in [5, 5.41) is 8.18. The lowest BCUT2D eigenvalue weighted by Gasteiger charge is -2.43. The Morgan fingerprint density at radius 2 is 1.93 bits per heavy atom. The summed E-state index contributed by atoms with van der Waals surface area (Å²) in [6.07, 6.45) is 5.81. The third kappa shape index (κ3) is 3.75. The zero-order chi connectivity index (χ0) is 20.2. The number of hydrogen-bond donors (Lipinski definition) is 0. The first-order valence-electron chi connectivity index (χ1n) is 10.6. The van der Waals surface area contributed by atoms with Crippen LogP contribution in [-0.2, 0) is 10.0 Å². The second-order valence-electron chi connectivity index (χ2n) is 8.95. The summed E-state index contributed by atoms with van der Waals surface area (Å²) in [6, 6.07) is 3.88. The van der Waals surface area contributed by atoms with Gasteiger partial charge >= 0.3 is 0 Å². The molecule has 1 unspecified atom stereocenters. The highest BCUT2D eigenvalue weighted by molar-refractivity contribution is 7.88. The van der Waals surface area contributed by atoms with E-state index in [4.69, 9.17) is 4.63 Å². The SMILES string of the molecule is CC(c1cc(N2CC(CN3CCCC3)C2)c2nonc2c1)N(C1CC1)S(C)(=O)=O. The van der Waals surface area contributed by atoms with Crippen molar-refractivity contribution in [2.24, 2.45) is 5.92 Å². The fraction of sp³-hybridized carbons (Fsp3) is 0.700. The smallest absolute Gasteiger partial charge is 0.212 e. The summed E-state index contributed by atoms with van der Waals surface area (Å²) in [5.41, 5.74) is 3.41. The van der Waals surface area contributed by atoms with Gasteiger partial charge in [-0.1, -0.05) is 0 Å². The highest BCUT2D eigenvalue weighted by atomic mass is 32.2. The average molecular weight is 420 g/mol. The largest absolute Gasteiger partial charge is 0.369 e. The number of sulfonamides is 1. The number of fused-ring (bicyclic) bond motifs is 1. The Kier molecular flexibility index (Phi) is 4.79. The molecule has 158 valence electrons. The maximum Gasteiger partial charge on any atom is 0.212 e. The van der Waals surface area contributed by atoms with Crippen molar-refractivity contribution in [1.82, 2.24) is 19.5 Å². The van der Waals surface area contributed by atoms with Crippen LogP contribution in [0.1, 0.15) is 44.2 Å². The minimum atomic E-state index is -3.28. The van der Waals surface area contributed by atoms with Gasteiger partial charge in [-0.2, -0.15) is 4.31 Å². The molecule has 1 aromatic heterocycles. The number of benzene rings is 1. The molecule has 0 amide bonds. The van der Waals surface area contributed by atoms with Crippen molar-refractivity contribution in [3.05, 3.63) is 17.7 Å². The molecule has 29 heavy (non-hydrogen) atoms. The van der Waals surface area contributed by atoms with E-state index >= 15 is 0 Å². The molecule has 0 spiro atoms. The molecule has 3 aliphatic rings. The van der Waals surface area contributed by atoms with Crippen LogP contribution in [0.4, 0.5) is 5.69 Å². The molecule has 2 saturated heterocycles. The molecule has 2 aromatic rings. The van der Waals surface area contributed by atoms with E-state index in [9.17, 15) is 8.42 Å². The number of hydrogen-bond acceptors (Lipinski definition) is 7. The molecular formula is C20H29N5O3S. The zero-order valence-corrected chi connectivity index (χ0v) is 17.9. The molecule has 2 aliphatic heterocycles. The van der Waals surface area contributed by atoms with E-state index in [1.54, 1.807) is 4.31 Å². The van der Waals surface area contributed by atoms with Crippen LogP contribution in [0.3, 0.4) is 0 Å². The van der Waals surface area contributed by atoms with Crippen molar-refractivity contribution >= 4 is 26.7 Å². The van der Waals surface area contributed by atoms with Crippen molar-refractivity contribution in [2.75, 3.05) is 43.9 Å². The second kappa shape index (κ2) is 7.21. The number of likely N-dealkylation sites (tertiary alicyclic amines) is 1. The van der Waals surface area contributed by atoms with Crippen LogP contribution in [0.25, 0.3) is 11.0 Å². The molecule has 0 radical (unpaired) electrons. The van der Waals surface area contributed by atoms with Crippen LogP contribution in [0.15, 0.2) is 16.8 Å². The third-order valence-electron chi connectivity index (χ3n) is 6.53. The van der Waals surface area contributed by atoms with Gasteiger partial charge in [0, 0.05) is 37.6 Å². The Balaban J connectivity index is 1.39. The topological polar surface area (TPSA) is 82.8 Å². The van der Waals surface area contributed by atoms with Crippen LogP contribution in [-0.4, -0.2) is 73.0 Å². The zero-order valence-electron chi connectivity index (χ0n) is 17.1. The van der Waals surface area contributed by atoms with Gasteiger partial charge in [-0.25, -0.2) is 13.0 Å². The lowest BCUT2D eigenvalue weighted by molar-refractivity contribution is 0.247. The molecule has 1 aliphatic carbocycles. The van der Waals surface area contributed by atoms with E-state index < -0.39 is 10.0 Å². The molecule has 8 nitrogen and oxygen atoms in total. The highest BCUT2D eigenvalue weighted by Gasteiger charge is 2.39. The molecule has 1 atom stereocenters. The lowest BCUT2D eigenvalue weighted by Crippen LogP contribution is -2.51. The Morgan fingerprint density at radius 3 is 2.59 bits per heavy atom. The summed E-state index contributed by atoms with van der Waals surface area (Å²) in [7, 11) is -3.28. The van der Waals surface area contributed by atoms with Gasteiger partial charge < -0.3 is 9.80 Å². The Bertz CT molecular complexity index is 991. The van der Waals surface area contributed by atoms with Crippen molar-refractivity contribution < 1.29 is 13.0 Å². The van der Waals surface area contributed by atoms with E-state index in [2.05, 4.69) is 26.2 Å². The molecule has 1 saturated carbocycles. The molecule has 9 heteroatoms. The predicted molar refractivity (Wildman–Crippen MR) is 111 cm³/mol. The van der Waals surface area contributed by atoms with Gasteiger partial charge in [-0.15, -0.1) is 0 Å². The molecule has 3 heterocycles. The number of rotatable bonds is 7. The summed E-state index contributed by atoms with van der Waals surface area (Å²) in [5.74, 6) is 0.670. The average Bonchev–Trinajstić information content (AvgIpc) is 3.13. The first kappa shape index (κ1) is 19.3. The summed E-state index contributed by atoms with van der Waals surface area (Å²) < 4.78 is 31.5. The number of anilines is 1. The van der Waals surface area contributed by atoms with Crippen LogP contribution in [0.2, 0.25) is 0 Å². The Hall–Kier alpha value is -1.71. The van der Waals surface area contributed by atoms with Gasteiger partial charge in [0.25, 0.3) is 0 Å². The number of nitrogens with zero attached hydrogens (tertiary/aromatic N) is 5. The lowest BCUT2D eigenvalue weighted by atomic mass is 9.96. The van der Waals surface area contributed by atoms with Gasteiger partial charge in [-0.3, -0.25) is 0 Å². The van der Waals surface area contributed by atoms with Gasteiger partial charge in [0.05, 0.1) is 11.9 Å². The predicted octanol–water partition coefficient (Wildman–Crippen LogP) is 2.24. The van der Waals surface area contributed by atoms with E-state index in [-0.39, 0.29) is 12.1 Å². The standard InChI is InChI=1S/C20H29N5O3S/c1-14(25(17-5-6-17)29(2,26)27)16-9-18-20(22-28-21-18)19(10-16)24-12-15(13-24)11-23-7-3-4-8-23/h9-10,14-15,17H,3-8,11-13H2,1-2H3. The van der Waals surface area contributed by atoms with E-state index in [1.165, 1.54) is 32.2 Å².